The van der Waals surface area contributed by atoms with Gasteiger partial charge in [0.15, 0.2) is 0 Å². The molecular formula is C19H25FN2O3. The summed E-state index contributed by atoms with van der Waals surface area (Å²) >= 11 is 0. The maximum Gasteiger partial charge on any atom is 0.408 e. The minimum atomic E-state index is -0.707. The first-order chi connectivity index (χ1) is 11.6. The van der Waals surface area contributed by atoms with E-state index in [4.69, 9.17) is 4.74 Å². The zero-order valence-electron chi connectivity index (χ0n) is 15.1. The Bertz CT molecular complexity index is 682. The monoisotopic (exact) mass is 348 g/mol. The maximum atomic E-state index is 14.4. The highest BCUT2D eigenvalue weighted by Gasteiger charge is 2.35. The van der Waals surface area contributed by atoms with Crippen LogP contribution in [0.4, 0.5) is 14.9 Å². The molecule has 0 spiro atoms. The van der Waals surface area contributed by atoms with Crippen LogP contribution in [-0.2, 0) is 9.53 Å². The van der Waals surface area contributed by atoms with Crippen molar-refractivity contribution in [2.24, 2.45) is 0 Å². The molecule has 6 heteroatoms. The van der Waals surface area contributed by atoms with Gasteiger partial charge in [-0.3, -0.25) is 4.79 Å². The van der Waals surface area contributed by atoms with E-state index < -0.39 is 23.6 Å². The van der Waals surface area contributed by atoms with E-state index in [0.717, 1.165) is 5.56 Å². The van der Waals surface area contributed by atoms with Gasteiger partial charge in [-0.2, -0.15) is 0 Å². The first kappa shape index (κ1) is 19.0. The molecule has 136 valence electrons. The third-order valence-corrected chi connectivity index (χ3v) is 4.04. The molecule has 2 unspecified atom stereocenters. The fourth-order valence-electron chi connectivity index (χ4n) is 2.66. The summed E-state index contributed by atoms with van der Waals surface area (Å²) in [6.07, 6.45) is 1.49. The van der Waals surface area contributed by atoms with Crippen molar-refractivity contribution in [1.29, 1.82) is 0 Å². The average molecular weight is 348 g/mol. The van der Waals surface area contributed by atoms with Gasteiger partial charge in [0.25, 0.3) is 0 Å². The number of nitrogens with zero attached hydrogens (tertiary/aromatic N) is 1. The van der Waals surface area contributed by atoms with Gasteiger partial charge in [0, 0.05) is 6.54 Å². The Morgan fingerprint density at radius 1 is 1.48 bits per heavy atom. The summed E-state index contributed by atoms with van der Waals surface area (Å²) in [4.78, 5) is 25.7. The lowest BCUT2D eigenvalue weighted by Gasteiger charge is -2.22. The number of carbonyl (C=O) groups is 2. The van der Waals surface area contributed by atoms with Gasteiger partial charge >= 0.3 is 6.09 Å². The quantitative estimate of drug-likeness (QED) is 0.843. The van der Waals surface area contributed by atoms with Crippen LogP contribution in [0.3, 0.4) is 0 Å². The third kappa shape index (κ3) is 4.59. The topological polar surface area (TPSA) is 58.6 Å². The molecule has 1 N–H and O–H groups in total. The van der Waals surface area contributed by atoms with Crippen LogP contribution in [0, 0.1) is 5.82 Å². The number of rotatable bonds is 4. The highest BCUT2D eigenvalue weighted by atomic mass is 19.1. The zero-order chi connectivity index (χ0) is 18.8. The molecule has 0 saturated carbocycles. The third-order valence-electron chi connectivity index (χ3n) is 4.04. The number of halogens is 1. The van der Waals surface area contributed by atoms with Crippen molar-refractivity contribution in [1.82, 2.24) is 5.32 Å². The van der Waals surface area contributed by atoms with Gasteiger partial charge in [-0.05, 0) is 50.8 Å². The van der Waals surface area contributed by atoms with E-state index in [0.29, 0.717) is 13.0 Å². The highest BCUT2D eigenvalue weighted by Crippen LogP contribution is 2.28. The number of hydrogen-bond acceptors (Lipinski definition) is 3. The Hall–Kier alpha value is -2.37. The summed E-state index contributed by atoms with van der Waals surface area (Å²) in [7, 11) is 0. The van der Waals surface area contributed by atoms with Crippen molar-refractivity contribution >= 4 is 17.7 Å². The fraction of sp³-hybridized carbons (Fsp3) is 0.474. The molecule has 0 radical (unpaired) electrons. The fourth-order valence-corrected chi connectivity index (χ4v) is 2.66. The smallest absolute Gasteiger partial charge is 0.408 e. The van der Waals surface area contributed by atoms with Crippen molar-refractivity contribution < 1.29 is 18.7 Å². The number of amides is 2. The number of benzene rings is 1. The molecule has 2 atom stereocenters. The molecule has 2 rings (SSSR count). The number of alkyl carbamates (subject to hydrolysis) is 1. The van der Waals surface area contributed by atoms with E-state index in [9.17, 15) is 14.0 Å². The van der Waals surface area contributed by atoms with Crippen LogP contribution in [0.15, 0.2) is 30.9 Å². The lowest BCUT2D eigenvalue weighted by atomic mass is 10.0. The first-order valence-electron chi connectivity index (χ1n) is 8.35. The lowest BCUT2D eigenvalue weighted by Crippen LogP contribution is -2.43. The Morgan fingerprint density at radius 3 is 2.72 bits per heavy atom. The summed E-state index contributed by atoms with van der Waals surface area (Å²) < 4.78 is 19.6. The van der Waals surface area contributed by atoms with Gasteiger partial charge in [-0.1, -0.05) is 19.1 Å². The minimum absolute atomic E-state index is 0.0272. The van der Waals surface area contributed by atoms with Gasteiger partial charge in [-0.25, -0.2) is 9.18 Å². The maximum absolute atomic E-state index is 14.4. The summed E-state index contributed by atoms with van der Waals surface area (Å²) in [5, 5.41) is 2.56. The molecule has 1 aromatic carbocycles. The minimum Gasteiger partial charge on any atom is -0.444 e. The van der Waals surface area contributed by atoms with Crippen LogP contribution < -0.4 is 10.2 Å². The molecule has 1 aliphatic rings. The number of allylic oxidation sites excluding steroid dienone is 1. The standard InChI is InChI=1S/C19H25FN2O3/c1-6-12(2)13-7-8-16(14(20)11-13)22-10-9-15(17(22)23)21-18(24)25-19(3,4)5/h6-8,11-12,15H,1,9-10H2,2-5H3,(H,21,24). The van der Waals surface area contributed by atoms with Gasteiger partial charge in [0.05, 0.1) is 5.69 Å². The summed E-state index contributed by atoms with van der Waals surface area (Å²) in [6, 6.07) is 4.09. The van der Waals surface area contributed by atoms with Crippen molar-refractivity contribution in [3.63, 3.8) is 0 Å². The molecule has 5 nitrogen and oxygen atoms in total. The summed E-state index contributed by atoms with van der Waals surface area (Å²) in [5.74, 6) is -0.772. The number of nitrogens with one attached hydrogen (secondary N) is 1. The number of hydrogen-bond donors (Lipinski definition) is 1. The Kier molecular flexibility index (Phi) is 5.50. The number of carbonyl (C=O) groups excluding carboxylic acids is 2. The Labute approximate surface area is 147 Å². The van der Waals surface area contributed by atoms with Gasteiger partial charge < -0.3 is 15.0 Å². The van der Waals surface area contributed by atoms with E-state index in [1.807, 2.05) is 6.92 Å². The first-order valence-corrected chi connectivity index (χ1v) is 8.35. The van der Waals surface area contributed by atoms with Crippen molar-refractivity contribution in [2.45, 2.75) is 51.7 Å². The molecule has 2 amide bonds. The SMILES string of the molecule is C=CC(C)c1ccc(N2CCC(NC(=O)OC(C)(C)C)C2=O)c(F)c1. The molecule has 0 bridgehead atoms. The van der Waals surface area contributed by atoms with Crippen LogP contribution >= 0.6 is 0 Å². The number of ether oxygens (including phenoxy) is 1. The van der Waals surface area contributed by atoms with E-state index in [1.165, 1.54) is 11.0 Å². The molecule has 1 aliphatic heterocycles. The van der Waals surface area contributed by atoms with E-state index in [1.54, 1.807) is 39.0 Å². The van der Waals surface area contributed by atoms with Gasteiger partial charge in [0.2, 0.25) is 5.91 Å². The predicted octanol–water partition coefficient (Wildman–Crippen LogP) is 3.75. The van der Waals surface area contributed by atoms with E-state index >= 15 is 0 Å². The molecule has 1 saturated heterocycles. The highest BCUT2D eigenvalue weighted by molar-refractivity contribution is 6.01. The van der Waals surface area contributed by atoms with Crippen molar-refractivity contribution in [3.05, 3.63) is 42.2 Å². The van der Waals surface area contributed by atoms with Crippen LogP contribution in [-0.4, -0.2) is 30.2 Å². The predicted molar refractivity (Wildman–Crippen MR) is 95.1 cm³/mol. The molecule has 1 aromatic rings. The van der Waals surface area contributed by atoms with E-state index in [-0.39, 0.29) is 17.5 Å². The molecule has 0 aromatic heterocycles. The van der Waals surface area contributed by atoms with Crippen LogP contribution in [0.5, 0.6) is 0 Å². The molecule has 1 heterocycles. The van der Waals surface area contributed by atoms with Gasteiger partial charge in [0.1, 0.15) is 17.5 Å². The normalized spacial score (nSPS) is 18.8. The summed E-state index contributed by atoms with van der Waals surface area (Å²) in [5.41, 5.74) is 0.375. The summed E-state index contributed by atoms with van der Waals surface area (Å²) in [6.45, 7) is 11.2. The van der Waals surface area contributed by atoms with Crippen LogP contribution in [0.2, 0.25) is 0 Å². The molecule has 1 fully saturated rings. The van der Waals surface area contributed by atoms with Crippen LogP contribution in [0.1, 0.15) is 45.6 Å². The lowest BCUT2D eigenvalue weighted by molar-refractivity contribution is -0.118. The second-order valence-corrected chi connectivity index (χ2v) is 7.21. The van der Waals surface area contributed by atoms with Gasteiger partial charge in [-0.15, -0.1) is 6.58 Å². The largest absolute Gasteiger partial charge is 0.444 e. The van der Waals surface area contributed by atoms with Crippen molar-refractivity contribution in [3.8, 4) is 0 Å². The second kappa shape index (κ2) is 7.25. The second-order valence-electron chi connectivity index (χ2n) is 7.21. The molecule has 25 heavy (non-hydrogen) atoms. The Morgan fingerprint density at radius 2 is 2.16 bits per heavy atom. The van der Waals surface area contributed by atoms with Crippen LogP contribution in [0.25, 0.3) is 0 Å². The molecular weight excluding hydrogens is 323 g/mol. The van der Waals surface area contributed by atoms with Crippen molar-refractivity contribution in [2.75, 3.05) is 11.4 Å². The average Bonchev–Trinajstić information content (AvgIpc) is 2.85. The Balaban J connectivity index is 2.09. The zero-order valence-corrected chi connectivity index (χ0v) is 15.1. The molecule has 0 aliphatic carbocycles. The van der Waals surface area contributed by atoms with E-state index in [2.05, 4.69) is 11.9 Å². The number of anilines is 1.